The average molecular weight is 265 g/mol. The first-order valence-electron chi connectivity index (χ1n) is 6.52. The second-order valence-electron chi connectivity index (χ2n) is 4.82. The van der Waals surface area contributed by atoms with Crippen LogP contribution in [0.2, 0.25) is 0 Å². The van der Waals surface area contributed by atoms with Crippen LogP contribution in [0.1, 0.15) is 36.2 Å². The summed E-state index contributed by atoms with van der Waals surface area (Å²) in [5.41, 5.74) is -0.197. The molecule has 0 unspecified atom stereocenters. The van der Waals surface area contributed by atoms with Crippen molar-refractivity contribution in [2.45, 2.75) is 25.8 Å². The molecule has 1 aliphatic rings. The SMILES string of the molecule is COC(=O)c1cccn([C@H](C)C2CCOCC2)c1=O. The van der Waals surface area contributed by atoms with Gasteiger partial charge in [-0.3, -0.25) is 4.79 Å². The van der Waals surface area contributed by atoms with E-state index in [0.717, 1.165) is 26.1 Å². The second-order valence-corrected chi connectivity index (χ2v) is 4.82. The van der Waals surface area contributed by atoms with Gasteiger partial charge in [-0.15, -0.1) is 0 Å². The van der Waals surface area contributed by atoms with Crippen molar-refractivity contribution in [2.75, 3.05) is 20.3 Å². The molecule has 0 bridgehead atoms. The molecule has 2 rings (SSSR count). The number of rotatable bonds is 3. The lowest BCUT2D eigenvalue weighted by Crippen LogP contribution is -2.33. The molecule has 0 aliphatic carbocycles. The Kier molecular flexibility index (Phi) is 4.37. The van der Waals surface area contributed by atoms with Crippen LogP contribution in [-0.4, -0.2) is 30.9 Å². The molecule has 2 heterocycles. The number of pyridine rings is 1. The van der Waals surface area contributed by atoms with Crippen LogP contribution in [0, 0.1) is 5.92 Å². The zero-order valence-electron chi connectivity index (χ0n) is 11.3. The smallest absolute Gasteiger partial charge is 0.343 e. The Morgan fingerprint density at radius 3 is 2.79 bits per heavy atom. The van der Waals surface area contributed by atoms with Crippen molar-refractivity contribution in [3.05, 3.63) is 34.2 Å². The van der Waals surface area contributed by atoms with Gasteiger partial charge in [0.15, 0.2) is 0 Å². The Labute approximate surface area is 112 Å². The van der Waals surface area contributed by atoms with Crippen molar-refractivity contribution in [2.24, 2.45) is 5.92 Å². The van der Waals surface area contributed by atoms with E-state index < -0.39 is 5.97 Å². The highest BCUT2D eigenvalue weighted by molar-refractivity contribution is 5.88. The number of ether oxygens (including phenoxy) is 2. The van der Waals surface area contributed by atoms with Crippen molar-refractivity contribution in [3.8, 4) is 0 Å². The lowest BCUT2D eigenvalue weighted by molar-refractivity contribution is 0.0503. The maximum absolute atomic E-state index is 12.3. The number of hydrogen-bond acceptors (Lipinski definition) is 4. The molecule has 0 aromatic carbocycles. The molecule has 0 radical (unpaired) electrons. The van der Waals surface area contributed by atoms with E-state index in [1.165, 1.54) is 13.2 Å². The van der Waals surface area contributed by atoms with Gasteiger partial charge in [-0.25, -0.2) is 4.79 Å². The molecule has 1 aromatic heterocycles. The van der Waals surface area contributed by atoms with E-state index in [4.69, 9.17) is 4.74 Å². The third kappa shape index (κ3) is 2.87. The molecule has 0 N–H and O–H groups in total. The van der Waals surface area contributed by atoms with Crippen LogP contribution < -0.4 is 5.56 Å². The molecule has 1 aromatic rings. The summed E-state index contributed by atoms with van der Waals surface area (Å²) in [5, 5.41) is 0. The van der Waals surface area contributed by atoms with Crippen molar-refractivity contribution >= 4 is 5.97 Å². The van der Waals surface area contributed by atoms with Gasteiger partial charge in [0.05, 0.1) is 7.11 Å². The van der Waals surface area contributed by atoms with Gasteiger partial charge in [-0.1, -0.05) is 0 Å². The minimum absolute atomic E-state index is 0.0565. The molecule has 1 saturated heterocycles. The Balaban J connectivity index is 2.29. The Bertz CT molecular complexity index is 502. The van der Waals surface area contributed by atoms with Gasteiger partial charge in [0, 0.05) is 25.5 Å². The van der Waals surface area contributed by atoms with E-state index >= 15 is 0 Å². The maximum Gasteiger partial charge on any atom is 0.343 e. The molecule has 19 heavy (non-hydrogen) atoms. The van der Waals surface area contributed by atoms with Gasteiger partial charge in [0.1, 0.15) is 5.56 Å². The maximum atomic E-state index is 12.3. The summed E-state index contributed by atoms with van der Waals surface area (Å²) in [6.07, 6.45) is 3.61. The molecule has 1 aliphatic heterocycles. The molecular formula is C14H19NO4. The number of carbonyl (C=O) groups is 1. The zero-order valence-corrected chi connectivity index (χ0v) is 11.3. The van der Waals surface area contributed by atoms with Gasteiger partial charge < -0.3 is 14.0 Å². The van der Waals surface area contributed by atoms with Crippen LogP contribution in [0.25, 0.3) is 0 Å². The fourth-order valence-electron chi connectivity index (χ4n) is 2.52. The van der Waals surface area contributed by atoms with Gasteiger partial charge in [0.2, 0.25) is 0 Å². The number of aromatic nitrogens is 1. The van der Waals surface area contributed by atoms with Gasteiger partial charge in [0.25, 0.3) is 5.56 Å². The van der Waals surface area contributed by atoms with E-state index in [9.17, 15) is 9.59 Å². The second kappa shape index (κ2) is 6.02. The lowest BCUT2D eigenvalue weighted by Gasteiger charge is -2.29. The zero-order chi connectivity index (χ0) is 13.8. The van der Waals surface area contributed by atoms with Gasteiger partial charge >= 0.3 is 5.97 Å². The summed E-state index contributed by atoms with van der Waals surface area (Å²) in [6, 6.07) is 3.27. The Morgan fingerprint density at radius 1 is 1.47 bits per heavy atom. The van der Waals surface area contributed by atoms with Crippen LogP contribution >= 0.6 is 0 Å². The minimum atomic E-state index is -0.585. The van der Waals surface area contributed by atoms with Crippen LogP contribution in [0.15, 0.2) is 23.1 Å². The van der Waals surface area contributed by atoms with E-state index in [1.807, 2.05) is 6.92 Å². The minimum Gasteiger partial charge on any atom is -0.465 e. The molecule has 1 atom stereocenters. The highest BCUT2D eigenvalue weighted by Gasteiger charge is 2.23. The highest BCUT2D eigenvalue weighted by Crippen LogP contribution is 2.26. The number of carbonyl (C=O) groups excluding carboxylic acids is 1. The molecule has 0 saturated carbocycles. The molecular weight excluding hydrogens is 246 g/mol. The predicted molar refractivity (Wildman–Crippen MR) is 70.3 cm³/mol. The fourth-order valence-corrected chi connectivity index (χ4v) is 2.52. The van der Waals surface area contributed by atoms with E-state index in [-0.39, 0.29) is 17.2 Å². The predicted octanol–water partition coefficient (Wildman–Crippen LogP) is 1.62. The molecule has 1 fully saturated rings. The quantitative estimate of drug-likeness (QED) is 0.779. The normalized spacial score (nSPS) is 18.0. The first-order valence-corrected chi connectivity index (χ1v) is 6.52. The van der Waals surface area contributed by atoms with Crippen molar-refractivity contribution in [1.82, 2.24) is 4.57 Å². The number of esters is 1. The summed E-state index contributed by atoms with van der Waals surface area (Å²) in [6.45, 7) is 3.49. The highest BCUT2D eigenvalue weighted by atomic mass is 16.5. The Morgan fingerprint density at radius 2 is 2.16 bits per heavy atom. The Hall–Kier alpha value is -1.62. The number of hydrogen-bond donors (Lipinski definition) is 0. The molecule has 5 heteroatoms. The summed E-state index contributed by atoms with van der Waals surface area (Å²) in [7, 11) is 1.28. The van der Waals surface area contributed by atoms with Gasteiger partial charge in [-0.2, -0.15) is 0 Å². The van der Waals surface area contributed by atoms with Crippen LogP contribution in [0.5, 0.6) is 0 Å². The van der Waals surface area contributed by atoms with Gasteiger partial charge in [-0.05, 0) is 37.8 Å². The summed E-state index contributed by atoms with van der Waals surface area (Å²) in [4.78, 5) is 23.8. The lowest BCUT2D eigenvalue weighted by atomic mass is 9.92. The molecule has 0 amide bonds. The summed E-state index contributed by atoms with van der Waals surface area (Å²) < 4.78 is 11.6. The van der Waals surface area contributed by atoms with E-state index in [2.05, 4.69) is 4.74 Å². The summed E-state index contributed by atoms with van der Waals surface area (Å²) in [5.74, 6) is -0.183. The number of nitrogens with zero attached hydrogens (tertiary/aromatic N) is 1. The van der Waals surface area contributed by atoms with Crippen LogP contribution in [-0.2, 0) is 9.47 Å². The van der Waals surface area contributed by atoms with Crippen LogP contribution in [0.4, 0.5) is 0 Å². The van der Waals surface area contributed by atoms with Crippen molar-refractivity contribution in [1.29, 1.82) is 0 Å². The third-order valence-corrected chi connectivity index (χ3v) is 3.77. The third-order valence-electron chi connectivity index (χ3n) is 3.77. The van der Waals surface area contributed by atoms with Crippen LogP contribution in [0.3, 0.4) is 0 Å². The number of methoxy groups -OCH3 is 1. The standard InChI is InChI=1S/C14H19NO4/c1-10(11-5-8-19-9-6-11)15-7-3-4-12(13(15)16)14(17)18-2/h3-4,7,10-11H,5-6,8-9H2,1-2H3/t10-/m1/s1. The first-order chi connectivity index (χ1) is 9.15. The van der Waals surface area contributed by atoms with E-state index in [0.29, 0.717) is 5.92 Å². The van der Waals surface area contributed by atoms with Crippen molar-refractivity contribution < 1.29 is 14.3 Å². The molecule has 5 nitrogen and oxygen atoms in total. The summed E-state index contributed by atoms with van der Waals surface area (Å²) >= 11 is 0. The molecule has 104 valence electrons. The molecule has 0 spiro atoms. The largest absolute Gasteiger partial charge is 0.465 e. The fraction of sp³-hybridized carbons (Fsp3) is 0.571. The average Bonchev–Trinajstić information content (AvgIpc) is 2.47. The van der Waals surface area contributed by atoms with E-state index in [1.54, 1.807) is 16.8 Å². The topological polar surface area (TPSA) is 57.5 Å². The monoisotopic (exact) mass is 265 g/mol. The van der Waals surface area contributed by atoms with Crippen molar-refractivity contribution in [3.63, 3.8) is 0 Å². The first kappa shape index (κ1) is 13.8.